The maximum atomic E-state index is 12.0. The summed E-state index contributed by atoms with van der Waals surface area (Å²) < 4.78 is 10.2. The van der Waals surface area contributed by atoms with Crippen LogP contribution >= 0.6 is 0 Å². The summed E-state index contributed by atoms with van der Waals surface area (Å²) in [7, 11) is 1.57. The zero-order valence-corrected chi connectivity index (χ0v) is 11.7. The molecule has 20 heavy (non-hydrogen) atoms. The van der Waals surface area contributed by atoms with E-state index in [2.05, 4.69) is 12.5 Å². The lowest BCUT2D eigenvalue weighted by atomic mass is 10.2. The summed E-state index contributed by atoms with van der Waals surface area (Å²) in [4.78, 5) is 13.4. The Bertz CT molecular complexity index is 476. The van der Waals surface area contributed by atoms with Crippen molar-refractivity contribution in [2.75, 3.05) is 26.8 Å². The molecule has 0 saturated heterocycles. The number of carbonyl (C=O) groups excluding carboxylic acids is 1. The molecule has 1 amide bonds. The zero-order chi connectivity index (χ0) is 14.8. The van der Waals surface area contributed by atoms with Crippen molar-refractivity contribution in [3.8, 4) is 12.3 Å². The van der Waals surface area contributed by atoms with Crippen molar-refractivity contribution in [2.24, 2.45) is 0 Å². The molecule has 4 heteroatoms. The van der Waals surface area contributed by atoms with Crippen molar-refractivity contribution in [3.63, 3.8) is 0 Å². The number of nitrogens with zero attached hydrogens (tertiary/aromatic N) is 1. The lowest BCUT2D eigenvalue weighted by Gasteiger charge is -2.20. The fourth-order valence-corrected chi connectivity index (χ4v) is 1.63. The van der Waals surface area contributed by atoms with Crippen LogP contribution in [0.3, 0.4) is 0 Å². The topological polar surface area (TPSA) is 38.8 Å². The number of hydrogen-bond acceptors (Lipinski definition) is 3. The van der Waals surface area contributed by atoms with E-state index in [1.807, 2.05) is 30.3 Å². The molecule has 0 saturated carbocycles. The third kappa shape index (κ3) is 5.59. The molecule has 0 aliphatic heterocycles. The third-order valence-electron chi connectivity index (χ3n) is 2.51. The van der Waals surface area contributed by atoms with Gasteiger partial charge in [-0.1, -0.05) is 42.8 Å². The standard InChI is InChI=1S/C16H19NO3/c1-4-10-17(11-14(2)12-19-3)16(18)20-13-15-8-6-5-7-9-15/h1,5-9H,2,10-13H2,3H3. The van der Waals surface area contributed by atoms with Crippen LogP contribution in [0.25, 0.3) is 0 Å². The Morgan fingerprint density at radius 3 is 2.70 bits per heavy atom. The van der Waals surface area contributed by atoms with Gasteiger partial charge in [0.1, 0.15) is 6.61 Å². The Morgan fingerprint density at radius 1 is 1.40 bits per heavy atom. The van der Waals surface area contributed by atoms with Crippen LogP contribution in [-0.4, -0.2) is 37.8 Å². The van der Waals surface area contributed by atoms with E-state index in [-0.39, 0.29) is 13.2 Å². The molecular weight excluding hydrogens is 254 g/mol. The van der Waals surface area contributed by atoms with E-state index in [9.17, 15) is 4.79 Å². The van der Waals surface area contributed by atoms with Gasteiger partial charge in [-0.2, -0.15) is 0 Å². The van der Waals surface area contributed by atoms with Crippen LogP contribution in [0, 0.1) is 12.3 Å². The van der Waals surface area contributed by atoms with Crippen LogP contribution in [0.1, 0.15) is 5.56 Å². The van der Waals surface area contributed by atoms with Gasteiger partial charge >= 0.3 is 6.09 Å². The van der Waals surface area contributed by atoms with Gasteiger partial charge in [-0.3, -0.25) is 4.90 Å². The Labute approximate surface area is 120 Å². The van der Waals surface area contributed by atoms with E-state index < -0.39 is 6.09 Å². The molecule has 1 rings (SSSR count). The number of hydrogen-bond donors (Lipinski definition) is 0. The molecule has 0 atom stereocenters. The van der Waals surface area contributed by atoms with Crippen molar-refractivity contribution >= 4 is 6.09 Å². The number of amides is 1. The van der Waals surface area contributed by atoms with Gasteiger partial charge < -0.3 is 9.47 Å². The summed E-state index contributed by atoms with van der Waals surface area (Å²) in [6, 6.07) is 9.47. The molecule has 0 radical (unpaired) electrons. The number of terminal acetylenes is 1. The molecule has 1 aromatic rings. The fraction of sp³-hybridized carbons (Fsp3) is 0.312. The highest BCUT2D eigenvalue weighted by molar-refractivity contribution is 5.68. The minimum absolute atomic E-state index is 0.177. The monoisotopic (exact) mass is 273 g/mol. The molecule has 0 unspecified atom stereocenters. The van der Waals surface area contributed by atoms with Crippen LogP contribution in [0.2, 0.25) is 0 Å². The molecule has 0 aromatic heterocycles. The van der Waals surface area contributed by atoms with Gasteiger partial charge in [0.05, 0.1) is 13.2 Å². The summed E-state index contributed by atoms with van der Waals surface area (Å²) in [6.07, 6.45) is 4.81. The minimum atomic E-state index is -0.455. The van der Waals surface area contributed by atoms with E-state index in [1.54, 1.807) is 7.11 Å². The first-order chi connectivity index (χ1) is 9.67. The normalized spacial score (nSPS) is 9.60. The zero-order valence-electron chi connectivity index (χ0n) is 11.7. The summed E-state index contributed by atoms with van der Waals surface area (Å²) in [6.45, 7) is 4.93. The van der Waals surface area contributed by atoms with Crippen molar-refractivity contribution in [1.82, 2.24) is 4.90 Å². The second-order valence-corrected chi connectivity index (χ2v) is 4.28. The summed E-state index contributed by atoms with van der Waals surface area (Å²) in [5, 5.41) is 0. The van der Waals surface area contributed by atoms with E-state index in [0.29, 0.717) is 13.2 Å². The summed E-state index contributed by atoms with van der Waals surface area (Å²) in [5.41, 5.74) is 1.69. The number of ether oxygens (including phenoxy) is 2. The van der Waals surface area contributed by atoms with Crippen LogP contribution in [0.15, 0.2) is 42.5 Å². The van der Waals surface area contributed by atoms with Crippen molar-refractivity contribution < 1.29 is 14.3 Å². The average molecular weight is 273 g/mol. The third-order valence-corrected chi connectivity index (χ3v) is 2.51. The van der Waals surface area contributed by atoms with Crippen molar-refractivity contribution in [1.29, 1.82) is 0 Å². The predicted molar refractivity (Wildman–Crippen MR) is 78.0 cm³/mol. The molecule has 0 N–H and O–H groups in total. The predicted octanol–water partition coefficient (Wildman–Crippen LogP) is 2.46. The maximum absolute atomic E-state index is 12.0. The molecule has 106 valence electrons. The first-order valence-electron chi connectivity index (χ1n) is 6.22. The molecule has 4 nitrogen and oxygen atoms in total. The van der Waals surface area contributed by atoms with Crippen LogP contribution in [0.5, 0.6) is 0 Å². The van der Waals surface area contributed by atoms with Gasteiger partial charge in [0.15, 0.2) is 0 Å². The van der Waals surface area contributed by atoms with Gasteiger partial charge in [0.25, 0.3) is 0 Å². The molecule has 0 aliphatic rings. The molecule has 0 fully saturated rings. The second kappa shape index (κ2) is 8.78. The Kier molecular flexibility index (Phi) is 6.94. The molecule has 0 heterocycles. The lowest BCUT2D eigenvalue weighted by molar-refractivity contribution is 0.102. The minimum Gasteiger partial charge on any atom is -0.445 e. The largest absolute Gasteiger partial charge is 0.445 e. The summed E-state index contributed by atoms with van der Waals surface area (Å²) >= 11 is 0. The van der Waals surface area contributed by atoms with Gasteiger partial charge in [0, 0.05) is 13.7 Å². The average Bonchev–Trinajstić information content (AvgIpc) is 2.45. The number of rotatable bonds is 7. The highest BCUT2D eigenvalue weighted by Crippen LogP contribution is 2.05. The van der Waals surface area contributed by atoms with Crippen molar-refractivity contribution in [2.45, 2.75) is 6.61 Å². The van der Waals surface area contributed by atoms with Gasteiger partial charge in [-0.25, -0.2) is 4.79 Å². The van der Waals surface area contributed by atoms with E-state index in [0.717, 1.165) is 11.1 Å². The second-order valence-electron chi connectivity index (χ2n) is 4.28. The smallest absolute Gasteiger partial charge is 0.411 e. The lowest BCUT2D eigenvalue weighted by Crippen LogP contribution is -2.34. The van der Waals surface area contributed by atoms with Gasteiger partial charge in [0.2, 0.25) is 0 Å². The quantitative estimate of drug-likeness (QED) is 0.566. The molecule has 1 aromatic carbocycles. The Morgan fingerprint density at radius 2 is 2.10 bits per heavy atom. The highest BCUT2D eigenvalue weighted by atomic mass is 16.6. The first-order valence-corrected chi connectivity index (χ1v) is 6.22. The van der Waals surface area contributed by atoms with Crippen LogP contribution in [0.4, 0.5) is 4.79 Å². The molecule has 0 bridgehead atoms. The maximum Gasteiger partial charge on any atom is 0.411 e. The number of benzene rings is 1. The SMILES string of the molecule is C#CCN(CC(=C)COC)C(=O)OCc1ccccc1. The van der Waals surface area contributed by atoms with E-state index >= 15 is 0 Å². The van der Waals surface area contributed by atoms with E-state index in [4.69, 9.17) is 15.9 Å². The fourth-order valence-electron chi connectivity index (χ4n) is 1.63. The Hall–Kier alpha value is -2.25. The molecule has 0 spiro atoms. The molecular formula is C16H19NO3. The van der Waals surface area contributed by atoms with Crippen LogP contribution < -0.4 is 0 Å². The first kappa shape index (κ1) is 15.8. The highest BCUT2D eigenvalue weighted by Gasteiger charge is 2.15. The van der Waals surface area contributed by atoms with Gasteiger partial charge in [-0.15, -0.1) is 6.42 Å². The van der Waals surface area contributed by atoms with Crippen LogP contribution in [-0.2, 0) is 16.1 Å². The summed E-state index contributed by atoms with van der Waals surface area (Å²) in [5.74, 6) is 2.44. The molecule has 0 aliphatic carbocycles. The Balaban J connectivity index is 2.51. The number of methoxy groups -OCH3 is 1. The number of carbonyl (C=O) groups is 1. The van der Waals surface area contributed by atoms with E-state index in [1.165, 1.54) is 4.90 Å². The van der Waals surface area contributed by atoms with Crippen molar-refractivity contribution in [3.05, 3.63) is 48.0 Å². The van der Waals surface area contributed by atoms with Gasteiger partial charge in [-0.05, 0) is 11.1 Å².